The molecule has 0 saturated heterocycles. The number of hydrogen-bond donors (Lipinski definition) is 1. The number of carbonyl (C=O) groups excluding carboxylic acids is 1. The number of non-ortho nitro benzene ring substituents is 1. The molecule has 1 amide bonds. The van der Waals surface area contributed by atoms with Gasteiger partial charge in [-0.1, -0.05) is 29.3 Å². The Bertz CT molecular complexity index is 1230. The van der Waals surface area contributed by atoms with Gasteiger partial charge in [0.25, 0.3) is 11.6 Å². The van der Waals surface area contributed by atoms with Gasteiger partial charge in [-0.3, -0.25) is 14.9 Å². The zero-order chi connectivity index (χ0) is 21.8. The van der Waals surface area contributed by atoms with Crippen molar-refractivity contribution in [3.8, 4) is 17.4 Å². The molecule has 1 N–H and O–H groups in total. The zero-order valence-electron chi connectivity index (χ0n) is 15.5. The standard InChI is InChI=1S/C21H13Cl2N3O4/c1-12-2-4-15(26(28)29)10-17(12)20-7-5-16(30-20)8-13(11-24)21(27)25-14-3-6-18(22)19(23)9-14/h2-10H,1H3,(H,25,27)/b13-8+. The topological polar surface area (TPSA) is 109 Å². The van der Waals surface area contributed by atoms with E-state index in [0.717, 1.165) is 5.56 Å². The van der Waals surface area contributed by atoms with E-state index in [9.17, 15) is 20.2 Å². The summed E-state index contributed by atoms with van der Waals surface area (Å²) in [6, 6.07) is 14.0. The molecule has 0 spiro atoms. The second-order valence-electron chi connectivity index (χ2n) is 6.21. The van der Waals surface area contributed by atoms with Crippen molar-refractivity contribution in [2.24, 2.45) is 0 Å². The van der Waals surface area contributed by atoms with Crippen LogP contribution in [0.4, 0.5) is 11.4 Å². The minimum absolute atomic E-state index is 0.0668. The summed E-state index contributed by atoms with van der Waals surface area (Å²) in [5, 5.41) is 23.5. The van der Waals surface area contributed by atoms with Crippen molar-refractivity contribution in [1.29, 1.82) is 5.26 Å². The summed E-state index contributed by atoms with van der Waals surface area (Å²) in [5.74, 6) is -0.0262. The minimum Gasteiger partial charge on any atom is -0.457 e. The van der Waals surface area contributed by atoms with Crippen molar-refractivity contribution in [1.82, 2.24) is 0 Å². The highest BCUT2D eigenvalue weighted by Crippen LogP contribution is 2.30. The zero-order valence-corrected chi connectivity index (χ0v) is 17.0. The first-order valence-corrected chi connectivity index (χ1v) is 9.27. The van der Waals surface area contributed by atoms with Gasteiger partial charge in [0, 0.05) is 29.5 Å². The largest absolute Gasteiger partial charge is 0.457 e. The van der Waals surface area contributed by atoms with Gasteiger partial charge in [-0.05, 0) is 42.8 Å². The molecular weight excluding hydrogens is 429 g/mol. The number of benzene rings is 2. The highest BCUT2D eigenvalue weighted by atomic mass is 35.5. The predicted molar refractivity (Wildman–Crippen MR) is 114 cm³/mol. The van der Waals surface area contributed by atoms with E-state index in [4.69, 9.17) is 27.6 Å². The number of nitro groups is 1. The third-order valence-electron chi connectivity index (χ3n) is 4.15. The van der Waals surface area contributed by atoms with Crippen LogP contribution in [0.15, 0.2) is 58.5 Å². The molecule has 7 nitrogen and oxygen atoms in total. The maximum Gasteiger partial charge on any atom is 0.270 e. The smallest absolute Gasteiger partial charge is 0.270 e. The maximum atomic E-state index is 12.4. The molecular formula is C21H13Cl2N3O4. The van der Waals surface area contributed by atoms with Crippen LogP contribution in [0, 0.1) is 28.4 Å². The van der Waals surface area contributed by atoms with E-state index in [1.54, 1.807) is 31.2 Å². The van der Waals surface area contributed by atoms with E-state index in [-0.39, 0.29) is 22.0 Å². The summed E-state index contributed by atoms with van der Waals surface area (Å²) in [6.07, 6.45) is 1.28. The molecule has 0 atom stereocenters. The number of nitro benzene ring substituents is 1. The monoisotopic (exact) mass is 441 g/mol. The van der Waals surface area contributed by atoms with E-state index >= 15 is 0 Å². The summed E-state index contributed by atoms with van der Waals surface area (Å²) in [5.41, 5.74) is 1.44. The van der Waals surface area contributed by atoms with Gasteiger partial charge in [0.2, 0.25) is 0 Å². The Labute approximate surface area is 181 Å². The van der Waals surface area contributed by atoms with E-state index in [1.807, 2.05) is 6.07 Å². The van der Waals surface area contributed by atoms with Crippen LogP contribution in [-0.2, 0) is 4.79 Å². The highest BCUT2D eigenvalue weighted by molar-refractivity contribution is 6.42. The molecule has 30 heavy (non-hydrogen) atoms. The third-order valence-corrected chi connectivity index (χ3v) is 4.89. The summed E-state index contributed by atoms with van der Waals surface area (Å²) >= 11 is 11.8. The molecule has 1 aromatic heterocycles. The van der Waals surface area contributed by atoms with E-state index in [0.29, 0.717) is 22.0 Å². The molecule has 0 aliphatic carbocycles. The highest BCUT2D eigenvalue weighted by Gasteiger charge is 2.15. The first kappa shape index (κ1) is 21.1. The van der Waals surface area contributed by atoms with Crippen molar-refractivity contribution in [2.75, 3.05) is 5.32 Å². The Hall–Kier alpha value is -3.60. The summed E-state index contributed by atoms with van der Waals surface area (Å²) in [6.45, 7) is 1.79. The average Bonchev–Trinajstić information content (AvgIpc) is 3.17. The number of nitrogens with zero attached hydrogens (tertiary/aromatic N) is 2. The minimum atomic E-state index is -0.652. The Morgan fingerprint density at radius 2 is 1.93 bits per heavy atom. The molecule has 0 bridgehead atoms. The van der Waals surface area contributed by atoms with Crippen LogP contribution in [0.2, 0.25) is 10.0 Å². The van der Waals surface area contributed by atoms with Gasteiger partial charge >= 0.3 is 0 Å². The summed E-state index contributed by atoms with van der Waals surface area (Å²) < 4.78 is 5.68. The molecule has 0 saturated carbocycles. The fourth-order valence-electron chi connectivity index (χ4n) is 2.63. The lowest BCUT2D eigenvalue weighted by atomic mass is 10.1. The van der Waals surface area contributed by atoms with Gasteiger partial charge in [-0.2, -0.15) is 5.26 Å². The molecule has 0 radical (unpaired) electrons. The Morgan fingerprint density at radius 3 is 2.60 bits per heavy atom. The SMILES string of the molecule is Cc1ccc([N+](=O)[O-])cc1-c1ccc(/C=C(\C#N)C(=O)Nc2ccc(Cl)c(Cl)c2)o1. The summed E-state index contributed by atoms with van der Waals surface area (Å²) in [4.78, 5) is 22.9. The Kier molecular flexibility index (Phi) is 6.21. The van der Waals surface area contributed by atoms with Crippen LogP contribution in [-0.4, -0.2) is 10.8 Å². The molecule has 3 aromatic rings. The number of aryl methyl sites for hydroxylation is 1. The van der Waals surface area contributed by atoms with Crippen LogP contribution in [0.1, 0.15) is 11.3 Å². The van der Waals surface area contributed by atoms with Crippen LogP contribution >= 0.6 is 23.2 Å². The number of anilines is 1. The van der Waals surface area contributed by atoms with Crippen LogP contribution < -0.4 is 5.32 Å². The second-order valence-corrected chi connectivity index (χ2v) is 7.03. The Balaban J connectivity index is 1.86. The predicted octanol–water partition coefficient (Wildman–Crippen LogP) is 6.02. The number of halogens is 2. The van der Waals surface area contributed by atoms with Gasteiger partial charge in [0.05, 0.1) is 15.0 Å². The van der Waals surface area contributed by atoms with E-state index in [1.165, 1.54) is 30.3 Å². The van der Waals surface area contributed by atoms with Gasteiger partial charge in [0.1, 0.15) is 23.2 Å². The van der Waals surface area contributed by atoms with Crippen molar-refractivity contribution in [2.45, 2.75) is 6.92 Å². The molecule has 3 rings (SSSR count). The molecule has 0 unspecified atom stereocenters. The number of amides is 1. The van der Waals surface area contributed by atoms with Crippen LogP contribution in [0.3, 0.4) is 0 Å². The van der Waals surface area contributed by atoms with Gasteiger partial charge in [0.15, 0.2) is 0 Å². The number of nitriles is 1. The number of hydrogen-bond acceptors (Lipinski definition) is 5. The molecule has 150 valence electrons. The van der Waals surface area contributed by atoms with Gasteiger partial charge < -0.3 is 9.73 Å². The maximum absolute atomic E-state index is 12.4. The molecule has 0 fully saturated rings. The lowest BCUT2D eigenvalue weighted by Crippen LogP contribution is -2.13. The van der Waals surface area contributed by atoms with E-state index in [2.05, 4.69) is 5.32 Å². The van der Waals surface area contributed by atoms with Crippen LogP contribution in [0.25, 0.3) is 17.4 Å². The van der Waals surface area contributed by atoms with Crippen molar-refractivity contribution >= 4 is 46.6 Å². The second kappa shape index (κ2) is 8.82. The first-order chi connectivity index (χ1) is 14.3. The third kappa shape index (κ3) is 4.69. The van der Waals surface area contributed by atoms with Gasteiger partial charge in [-0.15, -0.1) is 0 Å². The number of furan rings is 1. The molecule has 0 aliphatic heterocycles. The molecule has 1 heterocycles. The van der Waals surface area contributed by atoms with Crippen LogP contribution in [0.5, 0.6) is 0 Å². The lowest BCUT2D eigenvalue weighted by molar-refractivity contribution is -0.384. The average molecular weight is 442 g/mol. The van der Waals surface area contributed by atoms with Crippen molar-refractivity contribution in [3.63, 3.8) is 0 Å². The van der Waals surface area contributed by atoms with Crippen molar-refractivity contribution in [3.05, 3.63) is 85.6 Å². The molecule has 2 aromatic carbocycles. The number of rotatable bonds is 5. The fourth-order valence-corrected chi connectivity index (χ4v) is 2.93. The van der Waals surface area contributed by atoms with Crippen molar-refractivity contribution < 1.29 is 14.1 Å². The lowest BCUT2D eigenvalue weighted by Gasteiger charge is -2.05. The Morgan fingerprint density at radius 1 is 1.17 bits per heavy atom. The number of nitrogens with one attached hydrogen (secondary N) is 1. The quantitative estimate of drug-likeness (QED) is 0.225. The first-order valence-electron chi connectivity index (χ1n) is 8.52. The molecule has 9 heteroatoms. The molecule has 0 aliphatic rings. The van der Waals surface area contributed by atoms with E-state index < -0.39 is 10.8 Å². The fraction of sp³-hybridized carbons (Fsp3) is 0.0476. The summed E-state index contributed by atoms with van der Waals surface area (Å²) in [7, 11) is 0. The van der Waals surface area contributed by atoms with Gasteiger partial charge in [-0.25, -0.2) is 0 Å². The number of carbonyl (C=O) groups is 1. The normalized spacial score (nSPS) is 11.1.